The maximum atomic E-state index is 12.9. The summed E-state index contributed by atoms with van der Waals surface area (Å²) >= 11 is 0. The number of pyridine rings is 1. The number of alkyl halides is 3. The molecule has 1 fully saturated rings. The van der Waals surface area contributed by atoms with Crippen LogP contribution in [0, 0.1) is 0 Å². The van der Waals surface area contributed by atoms with Crippen LogP contribution in [0.2, 0.25) is 0 Å². The zero-order valence-electron chi connectivity index (χ0n) is 15.0. The van der Waals surface area contributed by atoms with E-state index in [9.17, 15) is 27.6 Å². The Kier molecular flexibility index (Phi) is 5.26. The molecular weight excluding hydrogens is 375 g/mol. The molecule has 28 heavy (non-hydrogen) atoms. The molecule has 3 rings (SSSR count). The van der Waals surface area contributed by atoms with Crippen LogP contribution >= 0.6 is 0 Å². The van der Waals surface area contributed by atoms with Gasteiger partial charge in [-0.05, 0) is 18.1 Å². The first-order chi connectivity index (χ1) is 13.2. The first-order valence-corrected chi connectivity index (χ1v) is 8.58. The van der Waals surface area contributed by atoms with E-state index < -0.39 is 34.8 Å². The Bertz CT molecular complexity index is 941. The molecule has 6 nitrogen and oxygen atoms in total. The van der Waals surface area contributed by atoms with E-state index >= 15 is 0 Å². The van der Waals surface area contributed by atoms with E-state index in [4.69, 9.17) is 0 Å². The van der Waals surface area contributed by atoms with E-state index in [1.165, 1.54) is 7.05 Å². The van der Waals surface area contributed by atoms with Gasteiger partial charge in [0.25, 0.3) is 11.5 Å². The molecule has 0 aliphatic carbocycles. The fourth-order valence-electron chi connectivity index (χ4n) is 3.18. The maximum absolute atomic E-state index is 12.9. The standard InChI is InChI=1S/C19H18F3N3O3/c1-24(17(27)14-9-13(19(20,21)22)10-23-16(14)26)15-7-8-25(18(15)28)11-12-5-3-2-4-6-12/h2-6,9-10,15H,7-8,11H2,1H3,(H,23,26). The highest BCUT2D eigenvalue weighted by Gasteiger charge is 2.38. The van der Waals surface area contributed by atoms with Crippen molar-refractivity contribution in [1.82, 2.24) is 14.8 Å². The highest BCUT2D eigenvalue weighted by Crippen LogP contribution is 2.28. The predicted octanol–water partition coefficient (Wildman–Crippen LogP) is 2.27. The van der Waals surface area contributed by atoms with Crippen LogP contribution in [-0.4, -0.2) is 46.2 Å². The highest BCUT2D eigenvalue weighted by molar-refractivity contribution is 5.97. The van der Waals surface area contributed by atoms with Crippen molar-refractivity contribution in [2.24, 2.45) is 0 Å². The van der Waals surface area contributed by atoms with Gasteiger partial charge in [0.15, 0.2) is 0 Å². The van der Waals surface area contributed by atoms with Crippen molar-refractivity contribution in [1.29, 1.82) is 0 Å². The fourth-order valence-corrected chi connectivity index (χ4v) is 3.18. The molecule has 148 valence electrons. The second-order valence-electron chi connectivity index (χ2n) is 6.59. The largest absolute Gasteiger partial charge is 0.417 e. The van der Waals surface area contributed by atoms with Gasteiger partial charge in [-0.2, -0.15) is 13.2 Å². The Labute approximate surface area is 158 Å². The molecule has 2 aromatic rings. The van der Waals surface area contributed by atoms with E-state index in [1.54, 1.807) is 4.90 Å². The van der Waals surface area contributed by atoms with Crippen LogP contribution in [0.15, 0.2) is 47.4 Å². The molecule has 0 radical (unpaired) electrons. The molecule has 1 saturated heterocycles. The number of likely N-dealkylation sites (tertiary alicyclic amines) is 1. The number of aromatic amines is 1. The molecule has 9 heteroatoms. The molecule has 1 aliphatic rings. The Balaban J connectivity index is 1.77. The lowest BCUT2D eigenvalue weighted by Gasteiger charge is -2.24. The molecule has 1 N–H and O–H groups in total. The molecule has 0 bridgehead atoms. The molecule has 1 aromatic carbocycles. The zero-order chi connectivity index (χ0) is 20.5. The maximum Gasteiger partial charge on any atom is 0.417 e. The molecule has 0 spiro atoms. The number of aromatic nitrogens is 1. The number of hydrogen-bond donors (Lipinski definition) is 1. The van der Waals surface area contributed by atoms with Gasteiger partial charge in [0.1, 0.15) is 11.6 Å². The summed E-state index contributed by atoms with van der Waals surface area (Å²) in [5.74, 6) is -1.23. The van der Waals surface area contributed by atoms with Crippen LogP contribution in [0.3, 0.4) is 0 Å². The van der Waals surface area contributed by atoms with Crippen LogP contribution in [0.25, 0.3) is 0 Å². The third kappa shape index (κ3) is 3.92. The summed E-state index contributed by atoms with van der Waals surface area (Å²) in [4.78, 5) is 41.7. The molecular formula is C19H18F3N3O3. The first kappa shape index (κ1) is 19.7. The molecule has 0 saturated carbocycles. The van der Waals surface area contributed by atoms with E-state index in [1.807, 2.05) is 35.3 Å². The van der Waals surface area contributed by atoms with Crippen molar-refractivity contribution >= 4 is 11.8 Å². The lowest BCUT2D eigenvalue weighted by Crippen LogP contribution is -2.44. The number of hydrogen-bond acceptors (Lipinski definition) is 3. The molecule has 2 heterocycles. The number of benzene rings is 1. The van der Waals surface area contributed by atoms with Gasteiger partial charge in [0, 0.05) is 26.3 Å². The van der Waals surface area contributed by atoms with Gasteiger partial charge in [-0.1, -0.05) is 30.3 Å². The van der Waals surface area contributed by atoms with E-state index in [-0.39, 0.29) is 5.91 Å². The average molecular weight is 393 g/mol. The predicted molar refractivity (Wildman–Crippen MR) is 94.4 cm³/mol. The van der Waals surface area contributed by atoms with Crippen LogP contribution in [0.4, 0.5) is 13.2 Å². The van der Waals surface area contributed by atoms with E-state index in [2.05, 4.69) is 0 Å². The fraction of sp³-hybridized carbons (Fsp3) is 0.316. The monoisotopic (exact) mass is 393 g/mol. The molecule has 1 unspecified atom stereocenters. The number of likely N-dealkylation sites (N-methyl/N-ethyl adjacent to an activating group) is 1. The third-order valence-electron chi connectivity index (χ3n) is 4.73. The number of carbonyl (C=O) groups is 2. The number of nitrogens with one attached hydrogen (secondary N) is 1. The lowest BCUT2D eigenvalue weighted by molar-refractivity contribution is -0.138. The molecule has 1 aliphatic heterocycles. The van der Waals surface area contributed by atoms with Crippen molar-refractivity contribution in [2.45, 2.75) is 25.2 Å². The second-order valence-corrected chi connectivity index (χ2v) is 6.59. The first-order valence-electron chi connectivity index (χ1n) is 8.58. The summed E-state index contributed by atoms with van der Waals surface area (Å²) in [5, 5.41) is 0. The average Bonchev–Trinajstić information content (AvgIpc) is 3.01. The van der Waals surface area contributed by atoms with Gasteiger partial charge in [-0.3, -0.25) is 14.4 Å². The van der Waals surface area contributed by atoms with E-state index in [0.29, 0.717) is 31.8 Å². The van der Waals surface area contributed by atoms with Gasteiger partial charge in [-0.25, -0.2) is 0 Å². The van der Waals surface area contributed by atoms with Crippen molar-refractivity contribution in [3.8, 4) is 0 Å². The third-order valence-corrected chi connectivity index (χ3v) is 4.73. The van der Waals surface area contributed by atoms with Gasteiger partial charge in [0.05, 0.1) is 5.56 Å². The van der Waals surface area contributed by atoms with Gasteiger partial charge in [-0.15, -0.1) is 0 Å². The molecule has 1 atom stereocenters. The van der Waals surface area contributed by atoms with Gasteiger partial charge >= 0.3 is 6.18 Å². The Hall–Kier alpha value is -3.10. The van der Waals surface area contributed by atoms with Crippen molar-refractivity contribution < 1.29 is 22.8 Å². The molecule has 1 aromatic heterocycles. The number of carbonyl (C=O) groups excluding carboxylic acids is 2. The minimum absolute atomic E-state index is 0.303. The number of rotatable bonds is 4. The minimum Gasteiger partial charge on any atom is -0.336 e. The quantitative estimate of drug-likeness (QED) is 0.866. The van der Waals surface area contributed by atoms with Gasteiger partial charge < -0.3 is 14.8 Å². The zero-order valence-corrected chi connectivity index (χ0v) is 15.0. The smallest absolute Gasteiger partial charge is 0.336 e. The number of nitrogens with zero attached hydrogens (tertiary/aromatic N) is 2. The van der Waals surface area contributed by atoms with Crippen LogP contribution in [0.1, 0.15) is 27.9 Å². The van der Waals surface area contributed by atoms with Crippen LogP contribution in [0.5, 0.6) is 0 Å². The summed E-state index contributed by atoms with van der Waals surface area (Å²) in [7, 11) is 1.32. The highest BCUT2D eigenvalue weighted by atomic mass is 19.4. The summed E-state index contributed by atoms with van der Waals surface area (Å²) in [6.45, 7) is 0.789. The number of amides is 2. The Morgan fingerprint density at radius 2 is 1.93 bits per heavy atom. The summed E-state index contributed by atoms with van der Waals surface area (Å²) < 4.78 is 38.6. The van der Waals surface area contributed by atoms with Crippen LogP contribution < -0.4 is 5.56 Å². The van der Waals surface area contributed by atoms with Crippen molar-refractivity contribution in [3.05, 3.63) is 69.6 Å². The Morgan fingerprint density at radius 3 is 2.57 bits per heavy atom. The van der Waals surface area contributed by atoms with Crippen molar-refractivity contribution in [2.75, 3.05) is 13.6 Å². The SMILES string of the molecule is CN(C(=O)c1cc(C(F)(F)F)c[nH]c1=O)C1CCN(Cc2ccccc2)C1=O. The summed E-state index contributed by atoms with van der Waals surface area (Å²) in [5.41, 5.74) is -1.78. The van der Waals surface area contributed by atoms with E-state index in [0.717, 1.165) is 10.5 Å². The van der Waals surface area contributed by atoms with Crippen molar-refractivity contribution in [3.63, 3.8) is 0 Å². The number of halogens is 3. The second kappa shape index (κ2) is 7.49. The van der Waals surface area contributed by atoms with Crippen LogP contribution in [-0.2, 0) is 17.5 Å². The Morgan fingerprint density at radius 1 is 1.25 bits per heavy atom. The summed E-state index contributed by atoms with van der Waals surface area (Å²) in [6, 6.07) is 8.99. The normalized spacial score (nSPS) is 17.1. The topological polar surface area (TPSA) is 73.5 Å². The molecule has 2 amide bonds. The summed E-state index contributed by atoms with van der Waals surface area (Å²) in [6.07, 6.45) is -3.85. The number of H-pyrrole nitrogens is 1. The van der Waals surface area contributed by atoms with Gasteiger partial charge in [0.2, 0.25) is 5.91 Å². The lowest BCUT2D eigenvalue weighted by atomic mass is 10.1. The minimum atomic E-state index is -4.70.